The standard InChI is InChI=1S/C21H24N4S/c1-13-5-6-18-15(9-13)11-19(26-18)17-7-8-22-20(24-17)23-16-10-14(2)25-21(3,4)12-16/h5-9,11,16,25H,2,10,12H2,1,3-4H3,(H,22,23,24). The van der Waals surface area contributed by atoms with Crippen molar-refractivity contribution >= 4 is 27.4 Å². The summed E-state index contributed by atoms with van der Waals surface area (Å²) in [5, 5.41) is 8.23. The number of piperidine rings is 1. The second-order valence-electron chi connectivity index (χ2n) is 7.78. The molecule has 1 saturated heterocycles. The maximum absolute atomic E-state index is 4.77. The Kier molecular flexibility index (Phi) is 4.19. The minimum Gasteiger partial charge on any atom is -0.384 e. The van der Waals surface area contributed by atoms with Crippen LogP contribution >= 0.6 is 11.3 Å². The van der Waals surface area contributed by atoms with Crippen molar-refractivity contribution < 1.29 is 0 Å². The van der Waals surface area contributed by atoms with E-state index in [2.05, 4.69) is 67.2 Å². The third-order valence-electron chi connectivity index (χ3n) is 4.68. The number of aromatic nitrogens is 2. The molecule has 5 heteroatoms. The first-order valence-corrected chi connectivity index (χ1v) is 9.76. The third kappa shape index (κ3) is 3.58. The molecule has 26 heavy (non-hydrogen) atoms. The largest absolute Gasteiger partial charge is 0.384 e. The van der Waals surface area contributed by atoms with Crippen LogP contribution in [0.5, 0.6) is 0 Å². The van der Waals surface area contributed by atoms with Gasteiger partial charge in [-0.25, -0.2) is 9.97 Å². The van der Waals surface area contributed by atoms with Gasteiger partial charge in [-0.1, -0.05) is 24.3 Å². The first kappa shape index (κ1) is 17.0. The van der Waals surface area contributed by atoms with E-state index in [9.17, 15) is 0 Å². The predicted octanol–water partition coefficient (Wildman–Crippen LogP) is 5.12. The Balaban J connectivity index is 1.59. The Morgan fingerprint density at radius 3 is 2.92 bits per heavy atom. The fraction of sp³-hybridized carbons (Fsp3) is 0.333. The number of aryl methyl sites for hydroxylation is 1. The van der Waals surface area contributed by atoms with Crippen LogP contribution in [-0.2, 0) is 0 Å². The molecule has 1 unspecified atom stereocenters. The average Bonchev–Trinajstić information content (AvgIpc) is 2.96. The summed E-state index contributed by atoms with van der Waals surface area (Å²) < 4.78 is 1.29. The molecule has 1 aromatic carbocycles. The van der Waals surface area contributed by atoms with Gasteiger partial charge in [0.25, 0.3) is 0 Å². The lowest BCUT2D eigenvalue weighted by molar-refractivity contribution is 0.324. The molecule has 0 aliphatic carbocycles. The summed E-state index contributed by atoms with van der Waals surface area (Å²) in [5.74, 6) is 0.687. The van der Waals surface area contributed by atoms with Gasteiger partial charge in [0.2, 0.25) is 5.95 Å². The molecule has 4 nitrogen and oxygen atoms in total. The summed E-state index contributed by atoms with van der Waals surface area (Å²) in [7, 11) is 0. The van der Waals surface area contributed by atoms with Gasteiger partial charge < -0.3 is 10.6 Å². The number of rotatable bonds is 3. The van der Waals surface area contributed by atoms with E-state index in [1.165, 1.54) is 20.5 Å². The summed E-state index contributed by atoms with van der Waals surface area (Å²) in [6.45, 7) is 10.6. The molecule has 0 radical (unpaired) electrons. The van der Waals surface area contributed by atoms with E-state index in [0.717, 1.165) is 24.2 Å². The zero-order chi connectivity index (χ0) is 18.3. The zero-order valence-electron chi connectivity index (χ0n) is 15.5. The zero-order valence-corrected chi connectivity index (χ0v) is 16.3. The minimum absolute atomic E-state index is 0.0357. The predicted molar refractivity (Wildman–Crippen MR) is 111 cm³/mol. The smallest absolute Gasteiger partial charge is 0.223 e. The number of fused-ring (bicyclic) bond motifs is 1. The van der Waals surface area contributed by atoms with Crippen LogP contribution in [0.3, 0.4) is 0 Å². The van der Waals surface area contributed by atoms with Crippen LogP contribution in [-0.4, -0.2) is 21.5 Å². The molecule has 0 spiro atoms. The summed E-state index contributed by atoms with van der Waals surface area (Å²) in [4.78, 5) is 10.4. The molecule has 4 rings (SSSR count). The topological polar surface area (TPSA) is 49.8 Å². The van der Waals surface area contributed by atoms with E-state index < -0.39 is 0 Å². The number of nitrogens with one attached hydrogen (secondary N) is 2. The van der Waals surface area contributed by atoms with Gasteiger partial charge in [0.15, 0.2) is 0 Å². The van der Waals surface area contributed by atoms with Crippen molar-refractivity contribution in [2.75, 3.05) is 5.32 Å². The first-order chi connectivity index (χ1) is 12.4. The molecule has 134 valence electrons. The maximum atomic E-state index is 4.77. The Labute approximate surface area is 158 Å². The molecular weight excluding hydrogens is 340 g/mol. The van der Waals surface area contributed by atoms with Crippen molar-refractivity contribution in [3.63, 3.8) is 0 Å². The lowest BCUT2D eigenvalue weighted by Gasteiger charge is -2.38. The molecule has 0 amide bonds. The number of benzene rings is 1. The van der Waals surface area contributed by atoms with E-state index in [-0.39, 0.29) is 5.54 Å². The van der Waals surface area contributed by atoms with Crippen molar-refractivity contribution in [1.29, 1.82) is 0 Å². The van der Waals surface area contributed by atoms with Gasteiger partial charge in [-0.2, -0.15) is 0 Å². The quantitative estimate of drug-likeness (QED) is 0.677. The fourth-order valence-corrected chi connectivity index (χ4v) is 4.72. The van der Waals surface area contributed by atoms with Gasteiger partial charge >= 0.3 is 0 Å². The summed E-state index contributed by atoms with van der Waals surface area (Å²) in [5.41, 5.74) is 3.34. The van der Waals surface area contributed by atoms with Gasteiger partial charge in [-0.15, -0.1) is 11.3 Å². The first-order valence-electron chi connectivity index (χ1n) is 8.94. The molecule has 1 fully saturated rings. The van der Waals surface area contributed by atoms with Crippen LogP contribution in [0.25, 0.3) is 20.7 Å². The van der Waals surface area contributed by atoms with Crippen LogP contribution in [0.15, 0.2) is 48.8 Å². The second-order valence-corrected chi connectivity index (χ2v) is 8.86. The molecule has 0 bridgehead atoms. The van der Waals surface area contributed by atoms with E-state index >= 15 is 0 Å². The van der Waals surface area contributed by atoms with Gasteiger partial charge in [0, 0.05) is 34.6 Å². The van der Waals surface area contributed by atoms with Gasteiger partial charge in [0.1, 0.15) is 0 Å². The highest BCUT2D eigenvalue weighted by molar-refractivity contribution is 7.22. The number of nitrogens with zero attached hydrogens (tertiary/aromatic N) is 2. The van der Waals surface area contributed by atoms with Crippen LogP contribution in [0.2, 0.25) is 0 Å². The molecule has 2 N–H and O–H groups in total. The van der Waals surface area contributed by atoms with Crippen molar-refractivity contribution in [2.24, 2.45) is 0 Å². The molecular formula is C21H24N4S. The minimum atomic E-state index is 0.0357. The Hall–Kier alpha value is -2.40. The normalized spacial score (nSPS) is 19.3. The van der Waals surface area contributed by atoms with Crippen LogP contribution in [0.4, 0.5) is 5.95 Å². The second kappa shape index (κ2) is 6.40. The lowest BCUT2D eigenvalue weighted by atomic mass is 9.88. The molecule has 3 heterocycles. The van der Waals surface area contributed by atoms with Crippen molar-refractivity contribution in [3.8, 4) is 10.6 Å². The molecule has 0 saturated carbocycles. The number of thiophene rings is 1. The van der Waals surface area contributed by atoms with Gasteiger partial charge in [0.05, 0.1) is 10.6 Å². The van der Waals surface area contributed by atoms with E-state index in [1.807, 2.05) is 12.3 Å². The Bertz CT molecular complexity index is 973. The van der Waals surface area contributed by atoms with E-state index in [1.54, 1.807) is 11.3 Å². The van der Waals surface area contributed by atoms with Crippen LogP contribution in [0.1, 0.15) is 32.3 Å². The molecule has 2 aromatic heterocycles. The van der Waals surface area contributed by atoms with Crippen LogP contribution in [0, 0.1) is 6.92 Å². The SMILES string of the molecule is C=C1CC(Nc2nccc(-c3cc4cc(C)ccc4s3)n2)CC(C)(C)N1. The highest BCUT2D eigenvalue weighted by Crippen LogP contribution is 2.33. The number of hydrogen-bond acceptors (Lipinski definition) is 5. The number of anilines is 1. The summed E-state index contributed by atoms with van der Waals surface area (Å²) in [6, 6.07) is 11.0. The van der Waals surface area contributed by atoms with Crippen molar-refractivity contribution in [2.45, 2.75) is 45.2 Å². The average molecular weight is 365 g/mol. The molecule has 1 aliphatic rings. The van der Waals surface area contributed by atoms with Crippen molar-refractivity contribution in [3.05, 3.63) is 54.4 Å². The van der Waals surface area contributed by atoms with Crippen molar-refractivity contribution in [1.82, 2.24) is 15.3 Å². The highest BCUT2D eigenvalue weighted by atomic mass is 32.1. The molecule has 1 aliphatic heterocycles. The van der Waals surface area contributed by atoms with Gasteiger partial charge in [-0.3, -0.25) is 0 Å². The number of hydrogen-bond donors (Lipinski definition) is 2. The summed E-state index contributed by atoms with van der Waals surface area (Å²) in [6.07, 6.45) is 3.72. The van der Waals surface area contributed by atoms with Crippen LogP contribution < -0.4 is 10.6 Å². The highest BCUT2D eigenvalue weighted by Gasteiger charge is 2.29. The molecule has 3 aromatic rings. The Morgan fingerprint density at radius 1 is 1.27 bits per heavy atom. The van der Waals surface area contributed by atoms with Gasteiger partial charge in [-0.05, 0) is 50.8 Å². The monoisotopic (exact) mass is 364 g/mol. The van der Waals surface area contributed by atoms with E-state index in [4.69, 9.17) is 4.98 Å². The maximum Gasteiger partial charge on any atom is 0.223 e. The molecule has 1 atom stereocenters. The lowest BCUT2D eigenvalue weighted by Crippen LogP contribution is -2.48. The summed E-state index contributed by atoms with van der Waals surface area (Å²) >= 11 is 1.77. The Morgan fingerprint density at radius 2 is 2.12 bits per heavy atom. The fourth-order valence-electron chi connectivity index (χ4n) is 3.71. The third-order valence-corrected chi connectivity index (χ3v) is 5.82. The van der Waals surface area contributed by atoms with E-state index in [0.29, 0.717) is 12.0 Å².